The van der Waals surface area contributed by atoms with Crippen molar-refractivity contribution < 1.29 is 0 Å². The van der Waals surface area contributed by atoms with Crippen molar-refractivity contribution >= 4 is 0 Å². The van der Waals surface area contributed by atoms with Crippen LogP contribution in [0.1, 0.15) is 36.8 Å². The van der Waals surface area contributed by atoms with Crippen LogP contribution >= 0.6 is 0 Å². The molecular formula is C18H23N. The molecule has 0 aliphatic rings. The van der Waals surface area contributed by atoms with Crippen molar-refractivity contribution in [2.24, 2.45) is 11.7 Å². The average Bonchev–Trinajstić information content (AvgIpc) is 2.49. The van der Waals surface area contributed by atoms with E-state index in [1.54, 1.807) is 0 Å². The van der Waals surface area contributed by atoms with Gasteiger partial charge in [-0.1, -0.05) is 74.0 Å². The molecule has 0 bridgehead atoms. The van der Waals surface area contributed by atoms with E-state index in [0.717, 1.165) is 6.54 Å². The van der Waals surface area contributed by atoms with Gasteiger partial charge in [0.2, 0.25) is 0 Å². The van der Waals surface area contributed by atoms with Crippen LogP contribution < -0.4 is 5.73 Å². The first-order valence-electron chi connectivity index (χ1n) is 7.16. The van der Waals surface area contributed by atoms with Gasteiger partial charge in [-0.05, 0) is 30.0 Å². The Morgan fingerprint density at radius 1 is 0.842 bits per heavy atom. The molecule has 19 heavy (non-hydrogen) atoms. The van der Waals surface area contributed by atoms with E-state index in [2.05, 4.69) is 67.6 Å². The summed E-state index contributed by atoms with van der Waals surface area (Å²) in [6.45, 7) is 2.97. The van der Waals surface area contributed by atoms with E-state index >= 15 is 0 Å². The summed E-state index contributed by atoms with van der Waals surface area (Å²) in [4.78, 5) is 0. The van der Waals surface area contributed by atoms with Gasteiger partial charge in [0.25, 0.3) is 0 Å². The Hall–Kier alpha value is -1.60. The number of benzene rings is 2. The molecular weight excluding hydrogens is 230 g/mol. The lowest BCUT2D eigenvalue weighted by atomic mass is 9.78. The zero-order valence-corrected chi connectivity index (χ0v) is 11.6. The lowest BCUT2D eigenvalue weighted by Gasteiger charge is -2.27. The maximum absolute atomic E-state index is 6.03. The number of nitrogens with two attached hydrogens (primary N) is 1. The second-order valence-corrected chi connectivity index (χ2v) is 5.08. The molecule has 0 spiro atoms. The van der Waals surface area contributed by atoms with Crippen LogP contribution in [-0.2, 0) is 0 Å². The van der Waals surface area contributed by atoms with Gasteiger partial charge in [0.15, 0.2) is 0 Å². The Kier molecular flexibility index (Phi) is 5.17. The molecule has 1 unspecified atom stereocenters. The molecule has 2 aromatic carbocycles. The quantitative estimate of drug-likeness (QED) is 0.820. The molecule has 0 fully saturated rings. The van der Waals surface area contributed by atoms with E-state index < -0.39 is 0 Å². The van der Waals surface area contributed by atoms with E-state index in [1.807, 2.05) is 0 Å². The van der Waals surface area contributed by atoms with Crippen molar-refractivity contribution in [1.29, 1.82) is 0 Å². The van der Waals surface area contributed by atoms with Crippen LogP contribution in [-0.4, -0.2) is 6.54 Å². The van der Waals surface area contributed by atoms with E-state index in [0.29, 0.717) is 11.8 Å². The molecule has 0 saturated carbocycles. The highest BCUT2D eigenvalue weighted by Crippen LogP contribution is 2.33. The smallest absolute Gasteiger partial charge is 0.0130 e. The third kappa shape index (κ3) is 3.45. The van der Waals surface area contributed by atoms with Crippen LogP contribution in [0.3, 0.4) is 0 Å². The number of hydrogen-bond acceptors (Lipinski definition) is 1. The molecule has 0 aromatic heterocycles. The van der Waals surface area contributed by atoms with E-state index in [1.165, 1.54) is 24.0 Å². The van der Waals surface area contributed by atoms with Crippen molar-refractivity contribution in [3.63, 3.8) is 0 Å². The van der Waals surface area contributed by atoms with Crippen molar-refractivity contribution in [3.8, 4) is 0 Å². The average molecular weight is 253 g/mol. The standard InChI is InChI=1S/C18H23N/c1-2-9-17(14-19)18(15-10-5-3-6-11-15)16-12-7-4-8-13-16/h3-8,10-13,17-18H,2,9,14,19H2,1H3. The summed E-state index contributed by atoms with van der Waals surface area (Å²) in [7, 11) is 0. The molecule has 2 aromatic rings. The highest BCUT2D eigenvalue weighted by molar-refractivity contribution is 5.33. The first-order valence-corrected chi connectivity index (χ1v) is 7.16. The van der Waals surface area contributed by atoms with E-state index in [9.17, 15) is 0 Å². The first kappa shape index (κ1) is 13.8. The van der Waals surface area contributed by atoms with Gasteiger partial charge in [0, 0.05) is 5.92 Å². The van der Waals surface area contributed by atoms with Gasteiger partial charge in [0.05, 0.1) is 0 Å². The van der Waals surface area contributed by atoms with E-state index in [4.69, 9.17) is 5.73 Å². The summed E-state index contributed by atoms with van der Waals surface area (Å²) < 4.78 is 0. The van der Waals surface area contributed by atoms with Gasteiger partial charge in [-0.25, -0.2) is 0 Å². The highest BCUT2D eigenvalue weighted by Gasteiger charge is 2.22. The summed E-state index contributed by atoms with van der Waals surface area (Å²) in [5.41, 5.74) is 8.78. The predicted molar refractivity (Wildman–Crippen MR) is 82.2 cm³/mol. The molecule has 0 heterocycles. The topological polar surface area (TPSA) is 26.0 Å². The van der Waals surface area contributed by atoms with Crippen molar-refractivity contribution in [1.82, 2.24) is 0 Å². The molecule has 0 amide bonds. The van der Waals surface area contributed by atoms with Crippen molar-refractivity contribution in [3.05, 3.63) is 71.8 Å². The second-order valence-electron chi connectivity index (χ2n) is 5.08. The predicted octanol–water partition coefficient (Wildman–Crippen LogP) is 4.19. The molecule has 1 heteroatoms. The third-order valence-electron chi connectivity index (χ3n) is 3.75. The van der Waals surface area contributed by atoms with Gasteiger partial charge < -0.3 is 5.73 Å². The summed E-state index contributed by atoms with van der Waals surface area (Å²) >= 11 is 0. The fourth-order valence-corrected chi connectivity index (χ4v) is 2.85. The maximum atomic E-state index is 6.03. The normalized spacial score (nSPS) is 12.6. The summed E-state index contributed by atoms with van der Waals surface area (Å²) in [5.74, 6) is 0.919. The summed E-state index contributed by atoms with van der Waals surface area (Å²) in [6, 6.07) is 21.5. The fourth-order valence-electron chi connectivity index (χ4n) is 2.85. The van der Waals surface area contributed by atoms with Gasteiger partial charge in [-0.15, -0.1) is 0 Å². The SMILES string of the molecule is CCCC(CN)C(c1ccccc1)c1ccccc1. The summed E-state index contributed by atoms with van der Waals surface area (Å²) in [6.07, 6.45) is 2.35. The highest BCUT2D eigenvalue weighted by atomic mass is 14.6. The van der Waals surface area contributed by atoms with Crippen molar-refractivity contribution in [2.75, 3.05) is 6.54 Å². The lowest BCUT2D eigenvalue weighted by molar-refractivity contribution is 0.438. The largest absolute Gasteiger partial charge is 0.330 e. The number of hydrogen-bond donors (Lipinski definition) is 1. The van der Waals surface area contributed by atoms with Crippen LogP contribution in [0.4, 0.5) is 0 Å². The molecule has 1 atom stereocenters. The Labute approximate surface area is 116 Å². The van der Waals surface area contributed by atoms with Gasteiger partial charge >= 0.3 is 0 Å². The molecule has 0 saturated heterocycles. The molecule has 100 valence electrons. The van der Waals surface area contributed by atoms with Crippen molar-refractivity contribution in [2.45, 2.75) is 25.7 Å². The monoisotopic (exact) mass is 253 g/mol. The van der Waals surface area contributed by atoms with Crippen LogP contribution in [0.2, 0.25) is 0 Å². The third-order valence-corrected chi connectivity index (χ3v) is 3.75. The molecule has 0 radical (unpaired) electrons. The molecule has 2 N–H and O–H groups in total. The lowest BCUT2D eigenvalue weighted by Crippen LogP contribution is -2.23. The second kappa shape index (κ2) is 7.10. The Morgan fingerprint density at radius 2 is 1.32 bits per heavy atom. The Bertz CT molecular complexity index is 424. The minimum Gasteiger partial charge on any atom is -0.330 e. The molecule has 0 aliphatic heterocycles. The zero-order chi connectivity index (χ0) is 13.5. The fraction of sp³-hybridized carbons (Fsp3) is 0.333. The Morgan fingerprint density at radius 3 is 1.68 bits per heavy atom. The van der Waals surface area contributed by atoms with Gasteiger partial charge in [-0.3, -0.25) is 0 Å². The zero-order valence-electron chi connectivity index (χ0n) is 11.6. The first-order chi connectivity index (χ1) is 9.36. The molecule has 2 rings (SSSR count). The molecule has 1 nitrogen and oxygen atoms in total. The Balaban J connectivity index is 2.38. The minimum atomic E-state index is 0.410. The van der Waals surface area contributed by atoms with Gasteiger partial charge in [0.1, 0.15) is 0 Å². The molecule has 0 aliphatic carbocycles. The van der Waals surface area contributed by atoms with Gasteiger partial charge in [-0.2, -0.15) is 0 Å². The van der Waals surface area contributed by atoms with Crippen LogP contribution in [0.25, 0.3) is 0 Å². The van der Waals surface area contributed by atoms with Crippen LogP contribution in [0.15, 0.2) is 60.7 Å². The minimum absolute atomic E-state index is 0.410. The maximum Gasteiger partial charge on any atom is 0.0130 e. The summed E-state index contributed by atoms with van der Waals surface area (Å²) in [5, 5.41) is 0. The van der Waals surface area contributed by atoms with Crippen LogP contribution in [0, 0.1) is 5.92 Å². The van der Waals surface area contributed by atoms with Crippen LogP contribution in [0.5, 0.6) is 0 Å². The number of rotatable bonds is 6. The van der Waals surface area contributed by atoms with E-state index in [-0.39, 0.29) is 0 Å².